The summed E-state index contributed by atoms with van der Waals surface area (Å²) in [7, 11) is 0. The molecule has 3 aromatic rings. The molecule has 0 saturated heterocycles. The Hall–Kier alpha value is -2.17. The lowest BCUT2D eigenvalue weighted by Crippen LogP contribution is -2.24. The van der Waals surface area contributed by atoms with E-state index in [4.69, 9.17) is 9.47 Å². The van der Waals surface area contributed by atoms with Crippen LogP contribution in [0.25, 0.3) is 0 Å². The molecule has 4 heteroatoms. The summed E-state index contributed by atoms with van der Waals surface area (Å²) >= 11 is 3.19. The van der Waals surface area contributed by atoms with Crippen LogP contribution in [0.15, 0.2) is 77.3 Å². The number of hydrogen-bond donors (Lipinski definition) is 0. The van der Waals surface area contributed by atoms with E-state index >= 15 is 0 Å². The summed E-state index contributed by atoms with van der Waals surface area (Å²) in [6, 6.07) is 22.7. The first kappa shape index (κ1) is 19.6. The molecule has 0 fully saturated rings. The zero-order chi connectivity index (χ0) is 19.3. The maximum atomic E-state index is 13.8. The van der Waals surface area contributed by atoms with Crippen LogP contribution < -0.4 is 4.74 Å². The zero-order valence-corrected chi connectivity index (χ0v) is 17.0. The zero-order valence-electron chi connectivity index (χ0n) is 15.4. The lowest BCUT2D eigenvalue weighted by molar-refractivity contribution is 0.0823. The van der Waals surface area contributed by atoms with Gasteiger partial charge in [-0.15, -0.1) is 0 Å². The highest BCUT2D eigenvalue weighted by molar-refractivity contribution is 9.10. The molecule has 0 spiro atoms. The summed E-state index contributed by atoms with van der Waals surface area (Å²) < 4.78 is 26.1. The van der Waals surface area contributed by atoms with Crippen molar-refractivity contribution in [1.29, 1.82) is 0 Å². The van der Waals surface area contributed by atoms with Gasteiger partial charge in [-0.25, -0.2) is 4.39 Å². The second-order valence-corrected chi connectivity index (χ2v) is 7.92. The number of para-hydroxylation sites is 1. The fraction of sp³-hybridized carbons (Fsp3) is 0.217. The van der Waals surface area contributed by atoms with Gasteiger partial charge in [-0.1, -0.05) is 50.2 Å². The Morgan fingerprint density at radius 2 is 1.63 bits per heavy atom. The average Bonchev–Trinajstić information content (AvgIpc) is 2.65. The first-order chi connectivity index (χ1) is 12.9. The molecule has 0 heterocycles. The minimum atomic E-state index is -0.292. The number of halogens is 2. The van der Waals surface area contributed by atoms with Crippen LogP contribution in [0.2, 0.25) is 0 Å². The van der Waals surface area contributed by atoms with E-state index in [9.17, 15) is 4.39 Å². The van der Waals surface area contributed by atoms with Gasteiger partial charge >= 0.3 is 0 Å². The monoisotopic (exact) mass is 428 g/mol. The second-order valence-electron chi connectivity index (χ2n) is 7.07. The number of ether oxygens (including phenoxy) is 2. The van der Waals surface area contributed by atoms with E-state index in [-0.39, 0.29) is 11.2 Å². The number of benzene rings is 3. The molecule has 2 nitrogen and oxygen atoms in total. The lowest BCUT2D eigenvalue weighted by atomic mass is 9.85. The lowest BCUT2D eigenvalue weighted by Gasteiger charge is -2.25. The normalized spacial score (nSPS) is 11.4. The molecule has 3 aromatic carbocycles. The molecule has 0 radical (unpaired) electrons. The van der Waals surface area contributed by atoms with Crippen LogP contribution >= 0.6 is 15.9 Å². The van der Waals surface area contributed by atoms with Crippen LogP contribution in [0.3, 0.4) is 0 Å². The van der Waals surface area contributed by atoms with E-state index in [2.05, 4.69) is 15.9 Å². The highest BCUT2D eigenvalue weighted by Crippen LogP contribution is 2.28. The molecule has 3 rings (SSSR count). The Balaban J connectivity index is 1.59. The molecule has 0 unspecified atom stereocenters. The van der Waals surface area contributed by atoms with Gasteiger partial charge in [-0.05, 0) is 63.5 Å². The quantitative estimate of drug-likeness (QED) is 0.408. The maximum Gasteiger partial charge on any atom is 0.137 e. The minimum Gasteiger partial charge on any atom is -0.457 e. The van der Waals surface area contributed by atoms with Crippen LogP contribution in [0.1, 0.15) is 25.0 Å². The largest absolute Gasteiger partial charge is 0.457 e. The summed E-state index contributed by atoms with van der Waals surface area (Å²) in [5, 5.41) is 0. The van der Waals surface area contributed by atoms with E-state index in [0.717, 1.165) is 22.6 Å². The standard InChI is InChI=1S/C23H22BrFO2/c1-23(2,18-11-12-21(24)22(25)14-18)16-26-15-17-7-6-10-20(13-17)27-19-8-4-3-5-9-19/h3-14H,15-16H2,1-2H3. The molecule has 140 valence electrons. The molecule has 27 heavy (non-hydrogen) atoms. The van der Waals surface area contributed by atoms with Crippen LogP contribution in [-0.4, -0.2) is 6.61 Å². The van der Waals surface area contributed by atoms with Crippen LogP contribution in [-0.2, 0) is 16.8 Å². The van der Waals surface area contributed by atoms with Crippen molar-refractivity contribution in [2.45, 2.75) is 25.9 Å². The third-order valence-corrected chi connectivity index (χ3v) is 4.95. The van der Waals surface area contributed by atoms with E-state index in [1.807, 2.05) is 74.5 Å². The minimum absolute atomic E-state index is 0.258. The predicted octanol–water partition coefficient (Wildman–Crippen LogP) is 6.87. The molecule has 0 atom stereocenters. The van der Waals surface area contributed by atoms with Crippen molar-refractivity contribution in [2.75, 3.05) is 6.61 Å². The van der Waals surface area contributed by atoms with Crippen LogP contribution in [0.5, 0.6) is 11.5 Å². The van der Waals surface area contributed by atoms with Gasteiger partial charge in [0.05, 0.1) is 17.7 Å². The van der Waals surface area contributed by atoms with Crippen LogP contribution in [0, 0.1) is 5.82 Å². The SMILES string of the molecule is CC(C)(COCc1cccc(Oc2ccccc2)c1)c1ccc(Br)c(F)c1. The van der Waals surface area contributed by atoms with Gasteiger partial charge in [-0.3, -0.25) is 0 Å². The summed E-state index contributed by atoms with van der Waals surface area (Å²) in [4.78, 5) is 0. The predicted molar refractivity (Wildman–Crippen MR) is 110 cm³/mol. The summed E-state index contributed by atoms with van der Waals surface area (Å²) in [6.07, 6.45) is 0. The fourth-order valence-electron chi connectivity index (χ4n) is 2.75. The van der Waals surface area contributed by atoms with Crippen molar-refractivity contribution in [1.82, 2.24) is 0 Å². The Bertz CT molecular complexity index is 894. The fourth-order valence-corrected chi connectivity index (χ4v) is 2.99. The summed E-state index contributed by atoms with van der Waals surface area (Å²) in [6.45, 7) is 5.04. The van der Waals surface area contributed by atoms with Gasteiger partial charge in [-0.2, -0.15) is 0 Å². The number of rotatable bonds is 7. The second kappa shape index (κ2) is 8.68. The van der Waals surface area contributed by atoms with Crippen molar-refractivity contribution in [3.8, 4) is 11.5 Å². The molecule has 0 saturated carbocycles. The molecule has 0 aliphatic heterocycles. The molecule has 0 aromatic heterocycles. The molecule has 0 N–H and O–H groups in total. The molecule has 0 aliphatic rings. The maximum absolute atomic E-state index is 13.8. The van der Waals surface area contributed by atoms with Crippen molar-refractivity contribution >= 4 is 15.9 Å². The van der Waals surface area contributed by atoms with E-state index < -0.39 is 0 Å². The first-order valence-corrected chi connectivity index (χ1v) is 9.58. The molecule has 0 aliphatic carbocycles. The summed E-state index contributed by atoms with van der Waals surface area (Å²) in [5.41, 5.74) is 1.64. The molecular formula is C23H22BrFO2. The van der Waals surface area contributed by atoms with E-state index in [1.54, 1.807) is 12.1 Å². The van der Waals surface area contributed by atoms with E-state index in [0.29, 0.717) is 17.7 Å². The van der Waals surface area contributed by atoms with Gasteiger partial charge < -0.3 is 9.47 Å². The Morgan fingerprint density at radius 3 is 2.37 bits per heavy atom. The smallest absolute Gasteiger partial charge is 0.137 e. The van der Waals surface area contributed by atoms with Gasteiger partial charge in [0.2, 0.25) is 0 Å². The van der Waals surface area contributed by atoms with Crippen molar-refractivity contribution in [3.05, 3.63) is 94.2 Å². The molecule has 0 bridgehead atoms. The summed E-state index contributed by atoms with van der Waals surface area (Å²) in [5.74, 6) is 1.32. The van der Waals surface area contributed by atoms with Crippen molar-refractivity contribution < 1.29 is 13.9 Å². The van der Waals surface area contributed by atoms with E-state index in [1.165, 1.54) is 0 Å². The Kier molecular flexibility index (Phi) is 6.30. The van der Waals surface area contributed by atoms with Gasteiger partial charge in [0.1, 0.15) is 17.3 Å². The molecule has 0 amide bonds. The third kappa shape index (κ3) is 5.41. The topological polar surface area (TPSA) is 18.5 Å². The highest BCUT2D eigenvalue weighted by atomic mass is 79.9. The van der Waals surface area contributed by atoms with Crippen LogP contribution in [0.4, 0.5) is 4.39 Å². The van der Waals surface area contributed by atoms with Crippen molar-refractivity contribution in [2.24, 2.45) is 0 Å². The Labute approximate surface area is 168 Å². The molecular weight excluding hydrogens is 407 g/mol. The highest BCUT2D eigenvalue weighted by Gasteiger charge is 2.22. The van der Waals surface area contributed by atoms with Gasteiger partial charge in [0.25, 0.3) is 0 Å². The van der Waals surface area contributed by atoms with Gasteiger partial charge in [0.15, 0.2) is 0 Å². The third-order valence-electron chi connectivity index (χ3n) is 4.31. The number of hydrogen-bond acceptors (Lipinski definition) is 2. The Morgan fingerprint density at radius 1 is 0.889 bits per heavy atom. The van der Waals surface area contributed by atoms with Gasteiger partial charge in [0, 0.05) is 5.41 Å². The van der Waals surface area contributed by atoms with Crippen molar-refractivity contribution in [3.63, 3.8) is 0 Å². The first-order valence-electron chi connectivity index (χ1n) is 8.79. The average molecular weight is 429 g/mol.